The van der Waals surface area contributed by atoms with Crippen LogP contribution in [0.5, 0.6) is 0 Å². The molecule has 2 aromatic heterocycles. The Morgan fingerprint density at radius 1 is 1.35 bits per heavy atom. The van der Waals surface area contributed by atoms with E-state index in [4.69, 9.17) is 27.6 Å². The number of thioether (sulfide) groups is 1. The highest BCUT2D eigenvalue weighted by Gasteiger charge is 2.13. The summed E-state index contributed by atoms with van der Waals surface area (Å²) >= 11 is 13.0. The van der Waals surface area contributed by atoms with Crippen LogP contribution in [0.3, 0.4) is 0 Å². The van der Waals surface area contributed by atoms with Gasteiger partial charge in [-0.3, -0.25) is 9.36 Å². The van der Waals surface area contributed by atoms with Crippen LogP contribution in [0.4, 0.5) is 0 Å². The van der Waals surface area contributed by atoms with E-state index >= 15 is 0 Å². The molecule has 4 nitrogen and oxygen atoms in total. The van der Waals surface area contributed by atoms with Crippen LogP contribution < -0.4 is 5.56 Å². The van der Waals surface area contributed by atoms with Gasteiger partial charge in [-0.1, -0.05) is 41.0 Å². The van der Waals surface area contributed by atoms with Crippen molar-refractivity contribution in [1.82, 2.24) is 9.55 Å². The zero-order valence-corrected chi connectivity index (χ0v) is 14.2. The van der Waals surface area contributed by atoms with E-state index in [1.807, 2.05) is 6.07 Å². The lowest BCUT2D eigenvalue weighted by Gasteiger charge is -2.11. The Balaban J connectivity index is 2.12. The van der Waals surface area contributed by atoms with Crippen LogP contribution in [0.25, 0.3) is 10.9 Å². The molecule has 23 heavy (non-hydrogen) atoms. The summed E-state index contributed by atoms with van der Waals surface area (Å²) in [6.07, 6.45) is 3.37. The first-order valence-corrected chi connectivity index (χ1v) is 8.59. The Morgan fingerprint density at radius 2 is 2.22 bits per heavy atom. The molecule has 7 heteroatoms. The number of fused-ring (bicyclic) bond motifs is 1. The van der Waals surface area contributed by atoms with Gasteiger partial charge in [0.05, 0.1) is 23.7 Å². The van der Waals surface area contributed by atoms with Crippen molar-refractivity contribution in [1.29, 1.82) is 0 Å². The normalized spacial score (nSPS) is 11.6. The highest BCUT2D eigenvalue weighted by molar-refractivity contribution is 7.99. The van der Waals surface area contributed by atoms with Crippen molar-refractivity contribution in [3.05, 3.63) is 69.3 Å². The molecule has 2 heterocycles. The molecule has 0 aliphatic carbocycles. The fourth-order valence-electron chi connectivity index (χ4n) is 2.14. The van der Waals surface area contributed by atoms with Crippen LogP contribution in [0.15, 0.2) is 62.6 Å². The Morgan fingerprint density at radius 3 is 2.96 bits per heavy atom. The van der Waals surface area contributed by atoms with E-state index in [0.29, 0.717) is 39.1 Å². The molecule has 0 aliphatic heterocycles. The Hall–Kier alpha value is -1.69. The second-order valence-corrected chi connectivity index (χ2v) is 6.37. The summed E-state index contributed by atoms with van der Waals surface area (Å²) in [4.78, 5) is 17.4. The first-order valence-electron chi connectivity index (χ1n) is 6.79. The van der Waals surface area contributed by atoms with Crippen LogP contribution in [-0.4, -0.2) is 15.3 Å². The summed E-state index contributed by atoms with van der Waals surface area (Å²) in [6, 6.07) is 8.69. The number of hydrogen-bond acceptors (Lipinski definition) is 4. The molecule has 0 radical (unpaired) electrons. The summed E-state index contributed by atoms with van der Waals surface area (Å²) in [7, 11) is 0. The third-order valence-electron chi connectivity index (χ3n) is 3.17. The molecule has 0 aliphatic rings. The minimum atomic E-state index is -0.125. The smallest absolute Gasteiger partial charge is 0.262 e. The second-order valence-electron chi connectivity index (χ2n) is 4.70. The van der Waals surface area contributed by atoms with Crippen molar-refractivity contribution in [3.63, 3.8) is 0 Å². The van der Waals surface area contributed by atoms with Crippen LogP contribution in [-0.2, 0) is 6.54 Å². The third-order valence-corrected chi connectivity index (χ3v) is 4.52. The van der Waals surface area contributed by atoms with Crippen molar-refractivity contribution in [2.75, 3.05) is 5.75 Å². The van der Waals surface area contributed by atoms with Gasteiger partial charge < -0.3 is 4.42 Å². The topological polar surface area (TPSA) is 48.0 Å². The molecule has 0 atom stereocenters. The zero-order chi connectivity index (χ0) is 16.2. The zero-order valence-electron chi connectivity index (χ0n) is 11.9. The SMILES string of the molecule is O=c1c2ccc(Cl)cc2nc(SC/C=C/Cl)n1Cc1ccco1. The molecule has 0 N–H and O–H groups in total. The molecule has 0 saturated carbocycles. The van der Waals surface area contributed by atoms with Gasteiger partial charge in [-0.15, -0.1) is 0 Å². The molecule has 0 spiro atoms. The maximum Gasteiger partial charge on any atom is 0.262 e. The van der Waals surface area contributed by atoms with Crippen molar-refractivity contribution in [3.8, 4) is 0 Å². The molecular weight excluding hydrogens is 355 g/mol. The predicted molar refractivity (Wildman–Crippen MR) is 94.5 cm³/mol. The first kappa shape index (κ1) is 16.2. The number of rotatable bonds is 5. The van der Waals surface area contributed by atoms with Gasteiger partial charge in [0.1, 0.15) is 5.76 Å². The molecular formula is C16H12Cl2N2O2S. The average molecular weight is 367 g/mol. The molecule has 0 fully saturated rings. The number of halogens is 2. The monoisotopic (exact) mass is 366 g/mol. The minimum absolute atomic E-state index is 0.125. The second kappa shape index (κ2) is 7.25. The first-order chi connectivity index (χ1) is 11.2. The fraction of sp³-hybridized carbons (Fsp3) is 0.125. The molecule has 118 valence electrons. The van der Waals surface area contributed by atoms with Gasteiger partial charge in [0.25, 0.3) is 5.56 Å². The average Bonchev–Trinajstić information content (AvgIpc) is 3.04. The van der Waals surface area contributed by atoms with Crippen LogP contribution in [0.1, 0.15) is 5.76 Å². The predicted octanol–water partition coefficient (Wildman–Crippen LogP) is 4.54. The van der Waals surface area contributed by atoms with Crippen molar-refractivity contribution < 1.29 is 4.42 Å². The van der Waals surface area contributed by atoms with Gasteiger partial charge in [-0.05, 0) is 30.3 Å². The Kier molecular flexibility index (Phi) is 5.10. The van der Waals surface area contributed by atoms with E-state index in [-0.39, 0.29) is 5.56 Å². The number of hydrogen-bond donors (Lipinski definition) is 0. The van der Waals surface area contributed by atoms with E-state index in [9.17, 15) is 4.79 Å². The van der Waals surface area contributed by atoms with E-state index < -0.39 is 0 Å². The quantitative estimate of drug-likeness (QED) is 0.491. The molecule has 3 rings (SSSR count). The summed E-state index contributed by atoms with van der Waals surface area (Å²) in [6.45, 7) is 0.324. The van der Waals surface area contributed by atoms with Crippen LogP contribution in [0.2, 0.25) is 5.02 Å². The van der Waals surface area contributed by atoms with E-state index in [1.54, 1.807) is 41.2 Å². The van der Waals surface area contributed by atoms with Crippen LogP contribution >= 0.6 is 35.0 Å². The number of benzene rings is 1. The van der Waals surface area contributed by atoms with Gasteiger partial charge in [0.2, 0.25) is 0 Å². The minimum Gasteiger partial charge on any atom is -0.467 e. The van der Waals surface area contributed by atoms with E-state index in [0.717, 1.165) is 0 Å². The number of furan rings is 1. The van der Waals surface area contributed by atoms with Gasteiger partial charge in [-0.25, -0.2) is 4.98 Å². The van der Waals surface area contributed by atoms with E-state index in [1.165, 1.54) is 17.3 Å². The largest absolute Gasteiger partial charge is 0.467 e. The van der Waals surface area contributed by atoms with Gasteiger partial charge in [-0.2, -0.15) is 0 Å². The molecule has 0 saturated heterocycles. The summed E-state index contributed by atoms with van der Waals surface area (Å²) in [5.41, 5.74) is 1.90. The maximum atomic E-state index is 12.8. The van der Waals surface area contributed by atoms with Gasteiger partial charge in [0, 0.05) is 16.3 Å². The summed E-state index contributed by atoms with van der Waals surface area (Å²) in [5, 5.41) is 1.67. The number of nitrogens with zero attached hydrogens (tertiary/aromatic N) is 2. The molecule has 0 bridgehead atoms. The van der Waals surface area contributed by atoms with Crippen molar-refractivity contribution >= 4 is 45.9 Å². The van der Waals surface area contributed by atoms with Crippen molar-refractivity contribution in [2.24, 2.45) is 0 Å². The lowest BCUT2D eigenvalue weighted by Crippen LogP contribution is -2.23. The molecule has 0 amide bonds. The highest BCUT2D eigenvalue weighted by atomic mass is 35.5. The molecule has 1 aromatic carbocycles. The molecule has 3 aromatic rings. The lowest BCUT2D eigenvalue weighted by molar-refractivity contribution is 0.476. The standard InChI is InChI=1S/C16H12Cl2N2O2S/c17-6-2-8-23-16-19-14-9-11(18)4-5-13(14)15(21)20(16)10-12-3-1-7-22-12/h1-7,9H,8,10H2/b6-2+. The Labute approximate surface area is 146 Å². The van der Waals surface area contributed by atoms with Crippen molar-refractivity contribution in [2.45, 2.75) is 11.7 Å². The van der Waals surface area contributed by atoms with E-state index in [2.05, 4.69) is 4.98 Å². The molecule has 0 unspecified atom stereocenters. The number of aromatic nitrogens is 2. The van der Waals surface area contributed by atoms with Gasteiger partial charge >= 0.3 is 0 Å². The van der Waals surface area contributed by atoms with Gasteiger partial charge in [0.15, 0.2) is 5.16 Å². The Bertz CT molecular complexity index is 904. The summed E-state index contributed by atoms with van der Waals surface area (Å²) in [5.74, 6) is 1.30. The third kappa shape index (κ3) is 3.63. The fourth-order valence-corrected chi connectivity index (χ4v) is 3.31. The summed E-state index contributed by atoms with van der Waals surface area (Å²) < 4.78 is 6.95. The van der Waals surface area contributed by atoms with Crippen LogP contribution in [0, 0.1) is 0 Å². The maximum absolute atomic E-state index is 12.8. The highest BCUT2D eigenvalue weighted by Crippen LogP contribution is 2.21. The lowest BCUT2D eigenvalue weighted by atomic mass is 10.2.